The molecule has 2 heterocycles. The number of pyridine rings is 1. The van der Waals surface area contributed by atoms with Gasteiger partial charge in [-0.15, -0.1) is 0 Å². The Morgan fingerprint density at radius 2 is 2.06 bits per heavy atom. The number of nitrogens with one attached hydrogen (secondary N) is 1. The summed E-state index contributed by atoms with van der Waals surface area (Å²) in [5, 5.41) is 13.0. The number of hydrogen-bond donors (Lipinski definition) is 2. The van der Waals surface area contributed by atoms with Gasteiger partial charge in [0.05, 0.1) is 11.2 Å². The van der Waals surface area contributed by atoms with E-state index in [0.717, 1.165) is 16.7 Å². The van der Waals surface area contributed by atoms with Gasteiger partial charge in [0.15, 0.2) is 6.30 Å². The Kier molecular flexibility index (Phi) is 2.48. The molecule has 0 aliphatic carbocycles. The van der Waals surface area contributed by atoms with E-state index in [-0.39, 0.29) is 5.75 Å². The molecule has 2 aromatic rings. The Balaban J connectivity index is 2.06. The van der Waals surface area contributed by atoms with E-state index in [4.69, 9.17) is 0 Å². The van der Waals surface area contributed by atoms with Crippen LogP contribution in [0.2, 0.25) is 0 Å². The van der Waals surface area contributed by atoms with Crippen LogP contribution >= 0.6 is 0 Å². The topological polar surface area (TPSA) is 45.1 Å². The highest BCUT2D eigenvalue weighted by atomic mass is 19.1. The highest BCUT2D eigenvalue weighted by Crippen LogP contribution is 2.22. The van der Waals surface area contributed by atoms with Crippen molar-refractivity contribution in [2.45, 2.75) is 6.30 Å². The number of dihydropyridines is 1. The van der Waals surface area contributed by atoms with Crippen LogP contribution < -0.4 is 5.32 Å². The first-order valence-corrected chi connectivity index (χ1v) is 5.61. The van der Waals surface area contributed by atoms with Crippen LogP contribution in [-0.2, 0) is 0 Å². The van der Waals surface area contributed by atoms with Crippen molar-refractivity contribution >= 4 is 16.5 Å². The van der Waals surface area contributed by atoms with Gasteiger partial charge < -0.3 is 10.4 Å². The lowest BCUT2D eigenvalue weighted by Gasteiger charge is -2.12. The van der Waals surface area contributed by atoms with Crippen LogP contribution in [0.3, 0.4) is 0 Å². The van der Waals surface area contributed by atoms with Crippen molar-refractivity contribution in [2.75, 3.05) is 0 Å². The van der Waals surface area contributed by atoms with E-state index in [2.05, 4.69) is 10.3 Å². The highest BCUT2D eigenvalue weighted by molar-refractivity contribution is 5.83. The van der Waals surface area contributed by atoms with Crippen LogP contribution in [0.5, 0.6) is 5.75 Å². The van der Waals surface area contributed by atoms with Crippen molar-refractivity contribution in [1.29, 1.82) is 0 Å². The maximum absolute atomic E-state index is 12.9. The van der Waals surface area contributed by atoms with Crippen LogP contribution in [0.25, 0.3) is 16.5 Å². The number of phenols is 1. The van der Waals surface area contributed by atoms with E-state index < -0.39 is 6.30 Å². The smallest absolute Gasteiger partial charge is 0.188 e. The first-order valence-electron chi connectivity index (χ1n) is 5.61. The van der Waals surface area contributed by atoms with Crippen molar-refractivity contribution in [1.82, 2.24) is 10.3 Å². The normalized spacial score (nSPS) is 18.5. The molecule has 18 heavy (non-hydrogen) atoms. The highest BCUT2D eigenvalue weighted by Gasteiger charge is 2.08. The largest absolute Gasteiger partial charge is 0.508 e. The number of fused-ring (bicyclic) bond motifs is 1. The van der Waals surface area contributed by atoms with Gasteiger partial charge >= 0.3 is 0 Å². The summed E-state index contributed by atoms with van der Waals surface area (Å²) in [5.74, 6) is 0.183. The number of aromatic hydroxyl groups is 1. The van der Waals surface area contributed by atoms with Crippen molar-refractivity contribution in [3.63, 3.8) is 0 Å². The summed E-state index contributed by atoms with van der Waals surface area (Å²) >= 11 is 0. The predicted molar refractivity (Wildman–Crippen MR) is 68.6 cm³/mol. The van der Waals surface area contributed by atoms with E-state index >= 15 is 0 Å². The standard InChI is InChI=1S/C14H11FN2O/c15-14-6-3-10(8-16-14)12-5-2-9-1-4-11(18)7-13(9)17-12/h1-8,14,16,18H/t14-/m0/s1. The molecule has 1 atom stereocenters. The molecule has 1 aromatic carbocycles. The third-order valence-corrected chi connectivity index (χ3v) is 2.81. The number of rotatable bonds is 1. The Hall–Kier alpha value is -2.36. The Labute approximate surface area is 103 Å². The average molecular weight is 242 g/mol. The van der Waals surface area contributed by atoms with Crippen molar-refractivity contribution in [3.8, 4) is 5.75 Å². The maximum atomic E-state index is 12.9. The number of phenolic OH excluding ortho intramolecular Hbond substituents is 1. The second kappa shape index (κ2) is 4.14. The second-order valence-corrected chi connectivity index (χ2v) is 4.10. The fourth-order valence-electron chi connectivity index (χ4n) is 1.89. The van der Waals surface area contributed by atoms with Crippen molar-refractivity contribution in [2.24, 2.45) is 0 Å². The predicted octanol–water partition coefficient (Wildman–Crippen LogP) is 2.74. The van der Waals surface area contributed by atoms with Gasteiger partial charge in [-0.3, -0.25) is 0 Å². The number of aromatic nitrogens is 1. The molecule has 0 radical (unpaired) electrons. The minimum absolute atomic E-state index is 0.183. The van der Waals surface area contributed by atoms with Crippen LogP contribution in [0, 0.1) is 0 Å². The molecule has 0 saturated carbocycles. The summed E-state index contributed by atoms with van der Waals surface area (Å²) in [6.07, 6.45) is 3.59. The molecule has 1 aliphatic rings. The van der Waals surface area contributed by atoms with Crippen LogP contribution in [-0.4, -0.2) is 16.4 Å². The third-order valence-electron chi connectivity index (χ3n) is 2.81. The number of allylic oxidation sites excluding steroid dienone is 2. The number of halogens is 1. The van der Waals surface area contributed by atoms with Crippen molar-refractivity contribution < 1.29 is 9.50 Å². The number of hydrogen-bond acceptors (Lipinski definition) is 3. The van der Waals surface area contributed by atoms with E-state index in [1.807, 2.05) is 18.2 Å². The van der Waals surface area contributed by atoms with Crippen molar-refractivity contribution in [3.05, 3.63) is 54.4 Å². The van der Waals surface area contributed by atoms with Gasteiger partial charge in [-0.2, -0.15) is 0 Å². The molecule has 3 rings (SSSR count). The first kappa shape index (κ1) is 10.8. The fourth-order valence-corrected chi connectivity index (χ4v) is 1.89. The van der Waals surface area contributed by atoms with Crippen LogP contribution in [0.1, 0.15) is 5.69 Å². The minimum Gasteiger partial charge on any atom is -0.508 e. The molecule has 90 valence electrons. The van der Waals surface area contributed by atoms with Crippen LogP contribution in [0.4, 0.5) is 4.39 Å². The lowest BCUT2D eigenvalue weighted by molar-refractivity contribution is 0.365. The number of benzene rings is 1. The fraction of sp³-hybridized carbons (Fsp3) is 0.0714. The molecule has 0 bridgehead atoms. The lowest BCUT2D eigenvalue weighted by Crippen LogP contribution is -2.19. The summed E-state index contributed by atoms with van der Waals surface area (Å²) in [5.41, 5.74) is 2.27. The summed E-state index contributed by atoms with van der Waals surface area (Å²) in [6.45, 7) is 0. The molecular weight excluding hydrogens is 231 g/mol. The molecule has 0 saturated heterocycles. The number of nitrogens with zero attached hydrogens (tertiary/aromatic N) is 1. The molecule has 0 amide bonds. The molecule has 2 N–H and O–H groups in total. The molecule has 3 nitrogen and oxygen atoms in total. The Morgan fingerprint density at radius 1 is 1.22 bits per heavy atom. The zero-order valence-corrected chi connectivity index (χ0v) is 9.47. The van der Waals surface area contributed by atoms with Gasteiger partial charge in [-0.25, -0.2) is 9.37 Å². The SMILES string of the molecule is Oc1ccc2ccc(C3=CN[C@H](F)C=C3)nc2c1. The Bertz CT molecular complexity index is 664. The quantitative estimate of drug-likeness (QED) is 0.756. The summed E-state index contributed by atoms with van der Waals surface area (Å²) in [4.78, 5) is 4.44. The van der Waals surface area contributed by atoms with Gasteiger partial charge in [0.2, 0.25) is 0 Å². The molecule has 0 spiro atoms. The zero-order chi connectivity index (χ0) is 12.5. The third kappa shape index (κ3) is 1.93. The zero-order valence-electron chi connectivity index (χ0n) is 9.47. The van der Waals surface area contributed by atoms with Gasteiger partial charge in [0, 0.05) is 23.2 Å². The van der Waals surface area contributed by atoms with Gasteiger partial charge in [-0.05, 0) is 24.3 Å². The monoisotopic (exact) mass is 242 g/mol. The van der Waals surface area contributed by atoms with Crippen LogP contribution in [0.15, 0.2) is 48.7 Å². The van der Waals surface area contributed by atoms with E-state index in [1.54, 1.807) is 24.4 Å². The minimum atomic E-state index is -1.14. The molecule has 1 aromatic heterocycles. The molecule has 0 unspecified atom stereocenters. The van der Waals surface area contributed by atoms with E-state index in [0.29, 0.717) is 5.52 Å². The summed E-state index contributed by atoms with van der Waals surface area (Å²) in [7, 11) is 0. The van der Waals surface area contributed by atoms with E-state index in [1.165, 1.54) is 6.08 Å². The summed E-state index contributed by atoms with van der Waals surface area (Å²) in [6, 6.07) is 8.83. The lowest BCUT2D eigenvalue weighted by atomic mass is 10.1. The van der Waals surface area contributed by atoms with E-state index in [9.17, 15) is 9.50 Å². The first-order chi connectivity index (χ1) is 8.72. The molecular formula is C14H11FN2O. The Morgan fingerprint density at radius 3 is 2.83 bits per heavy atom. The molecule has 4 heteroatoms. The number of alkyl halides is 1. The van der Waals surface area contributed by atoms with Gasteiger partial charge in [0.1, 0.15) is 5.75 Å². The molecule has 1 aliphatic heterocycles. The average Bonchev–Trinajstić information content (AvgIpc) is 2.38. The maximum Gasteiger partial charge on any atom is 0.188 e. The van der Waals surface area contributed by atoms with Gasteiger partial charge in [-0.1, -0.05) is 12.1 Å². The summed E-state index contributed by atoms with van der Waals surface area (Å²) < 4.78 is 12.9. The second-order valence-electron chi connectivity index (χ2n) is 4.10. The molecule has 0 fully saturated rings. The van der Waals surface area contributed by atoms with Gasteiger partial charge in [0.25, 0.3) is 0 Å².